The molecular formula is C23H27ClN8O2. The molecule has 0 spiro atoms. The first-order chi connectivity index (χ1) is 16.2. The zero-order valence-electron chi connectivity index (χ0n) is 19.7. The molecule has 0 aromatic carbocycles. The predicted molar refractivity (Wildman–Crippen MR) is 131 cm³/mol. The summed E-state index contributed by atoms with van der Waals surface area (Å²) < 4.78 is 5.51. The first kappa shape index (κ1) is 23.7. The summed E-state index contributed by atoms with van der Waals surface area (Å²) in [6, 6.07) is 0.328. The molecule has 4 N–H and O–H groups in total. The Morgan fingerprint density at radius 2 is 2.06 bits per heavy atom. The molecule has 34 heavy (non-hydrogen) atoms. The lowest BCUT2D eigenvalue weighted by atomic mass is 10.1. The summed E-state index contributed by atoms with van der Waals surface area (Å²) in [5, 5.41) is 3.41. The molecular weight excluding hydrogens is 456 g/mol. The van der Waals surface area contributed by atoms with Gasteiger partial charge in [-0.3, -0.25) is 14.7 Å². The van der Waals surface area contributed by atoms with Crippen LogP contribution in [0.5, 0.6) is 5.75 Å². The molecule has 0 saturated carbocycles. The molecule has 0 fully saturated rings. The maximum Gasteiger partial charge on any atom is 0.260 e. The van der Waals surface area contributed by atoms with E-state index in [1.807, 2.05) is 13.8 Å². The Kier molecular flexibility index (Phi) is 6.54. The minimum Gasteiger partial charge on any atom is -0.496 e. The van der Waals surface area contributed by atoms with E-state index in [0.29, 0.717) is 41.1 Å². The van der Waals surface area contributed by atoms with Crippen LogP contribution < -0.4 is 20.7 Å². The lowest BCUT2D eigenvalue weighted by Crippen LogP contribution is -2.27. The third-order valence-electron chi connectivity index (χ3n) is 5.54. The van der Waals surface area contributed by atoms with Gasteiger partial charge in [0.05, 0.1) is 36.2 Å². The van der Waals surface area contributed by atoms with Crippen molar-refractivity contribution < 1.29 is 9.53 Å². The van der Waals surface area contributed by atoms with Crippen LogP contribution in [-0.4, -0.2) is 44.0 Å². The number of halogens is 1. The number of nitrogens with one attached hydrogen (secondary N) is 2. The van der Waals surface area contributed by atoms with Crippen molar-refractivity contribution in [1.82, 2.24) is 30.2 Å². The number of carbonyl (C=O) groups excluding carboxylic acids is 1. The van der Waals surface area contributed by atoms with Crippen LogP contribution in [0.3, 0.4) is 0 Å². The van der Waals surface area contributed by atoms with Gasteiger partial charge < -0.3 is 20.8 Å². The molecule has 0 unspecified atom stereocenters. The van der Waals surface area contributed by atoms with Crippen LogP contribution in [0.25, 0.3) is 11.6 Å². The number of pyridine rings is 1. The summed E-state index contributed by atoms with van der Waals surface area (Å²) in [6.45, 7) is 8.72. The molecule has 3 aromatic heterocycles. The highest BCUT2D eigenvalue weighted by Gasteiger charge is 2.37. The molecule has 4 heterocycles. The molecule has 11 heteroatoms. The van der Waals surface area contributed by atoms with E-state index in [4.69, 9.17) is 22.1 Å². The predicted octanol–water partition coefficient (Wildman–Crippen LogP) is 3.04. The summed E-state index contributed by atoms with van der Waals surface area (Å²) in [6.07, 6.45) is 5.17. The molecule has 0 atom stereocenters. The minimum atomic E-state index is -0.296. The van der Waals surface area contributed by atoms with E-state index in [2.05, 4.69) is 44.1 Å². The number of aryl methyl sites for hydroxylation is 1. The Balaban J connectivity index is 1.73. The smallest absolute Gasteiger partial charge is 0.260 e. The van der Waals surface area contributed by atoms with Gasteiger partial charge in [-0.2, -0.15) is 4.98 Å². The number of aromatic nitrogens is 5. The van der Waals surface area contributed by atoms with Gasteiger partial charge in [-0.1, -0.05) is 25.4 Å². The third-order valence-corrected chi connectivity index (χ3v) is 5.82. The summed E-state index contributed by atoms with van der Waals surface area (Å²) in [5.41, 5.74) is 9.86. The minimum absolute atomic E-state index is 0.0194. The van der Waals surface area contributed by atoms with Crippen molar-refractivity contribution in [3.05, 3.63) is 51.4 Å². The molecule has 1 amide bonds. The standard InChI is InChI=1S/C23H27ClN8O2/c1-11(2)26-8-14-9-28-17(29-14)6-15-18-20(24)30-23(25)31-21(18)32(22(15)33)10-16-13(4)19(34-5)12(3)7-27-16/h6-7,9,11,26H,8,10H2,1-5H3,(H,28,29)(H2,25,30,31)/b15-6-. The van der Waals surface area contributed by atoms with Gasteiger partial charge in [-0.25, -0.2) is 9.97 Å². The van der Waals surface area contributed by atoms with Gasteiger partial charge in [0.25, 0.3) is 5.91 Å². The lowest BCUT2D eigenvalue weighted by molar-refractivity contribution is -0.113. The number of hydrogen-bond acceptors (Lipinski definition) is 8. The lowest BCUT2D eigenvalue weighted by Gasteiger charge is -2.19. The fraction of sp³-hybridized carbons (Fsp3) is 0.348. The maximum absolute atomic E-state index is 13.6. The number of aromatic amines is 1. The van der Waals surface area contributed by atoms with Gasteiger partial charge in [0.2, 0.25) is 5.95 Å². The number of amides is 1. The second-order valence-corrected chi connectivity index (χ2v) is 8.74. The Morgan fingerprint density at radius 3 is 2.76 bits per heavy atom. The van der Waals surface area contributed by atoms with E-state index in [0.717, 1.165) is 22.6 Å². The number of carbonyl (C=O) groups is 1. The van der Waals surface area contributed by atoms with Crippen molar-refractivity contribution in [3.63, 3.8) is 0 Å². The highest BCUT2D eigenvalue weighted by Crippen LogP contribution is 2.41. The van der Waals surface area contributed by atoms with E-state index in [1.165, 1.54) is 4.90 Å². The van der Waals surface area contributed by atoms with Crippen molar-refractivity contribution in [1.29, 1.82) is 0 Å². The summed E-state index contributed by atoms with van der Waals surface area (Å²) in [7, 11) is 1.61. The molecule has 3 aromatic rings. The first-order valence-electron chi connectivity index (χ1n) is 10.8. The van der Waals surface area contributed by atoms with Crippen molar-refractivity contribution in [3.8, 4) is 5.75 Å². The number of H-pyrrole nitrogens is 1. The van der Waals surface area contributed by atoms with E-state index < -0.39 is 0 Å². The maximum atomic E-state index is 13.6. The Bertz CT molecular complexity index is 1280. The van der Waals surface area contributed by atoms with Crippen LogP contribution in [0.15, 0.2) is 12.4 Å². The number of anilines is 2. The average molecular weight is 483 g/mol. The van der Waals surface area contributed by atoms with Crippen LogP contribution in [0.1, 0.15) is 47.8 Å². The number of methoxy groups -OCH3 is 1. The molecule has 1 aliphatic heterocycles. The van der Waals surface area contributed by atoms with Crippen LogP contribution in [0.2, 0.25) is 5.15 Å². The van der Waals surface area contributed by atoms with Gasteiger partial charge in [0.15, 0.2) is 5.82 Å². The number of fused-ring (bicyclic) bond motifs is 1. The monoisotopic (exact) mass is 482 g/mol. The number of ether oxygens (including phenoxy) is 1. The molecule has 0 bridgehead atoms. The molecule has 0 saturated heterocycles. The molecule has 10 nitrogen and oxygen atoms in total. The SMILES string of the molecule is COc1c(C)cnc(CN2C(=O)/C(=C\c3nc(CNC(C)C)c[nH]3)c3c(Cl)nc(N)nc32)c1C. The Labute approximate surface area is 202 Å². The number of nitrogens with two attached hydrogens (primary N) is 1. The second-order valence-electron chi connectivity index (χ2n) is 8.38. The summed E-state index contributed by atoms with van der Waals surface area (Å²) in [5.74, 6) is 1.27. The quantitative estimate of drug-likeness (QED) is 0.345. The number of rotatable bonds is 7. The zero-order valence-corrected chi connectivity index (χ0v) is 20.5. The van der Waals surface area contributed by atoms with E-state index in [9.17, 15) is 4.79 Å². The average Bonchev–Trinajstić information content (AvgIpc) is 3.32. The van der Waals surface area contributed by atoms with Crippen LogP contribution in [0, 0.1) is 13.8 Å². The topological polar surface area (TPSA) is 135 Å². The molecule has 0 aliphatic carbocycles. The van der Waals surface area contributed by atoms with E-state index >= 15 is 0 Å². The van der Waals surface area contributed by atoms with Crippen molar-refractivity contribution in [2.75, 3.05) is 17.7 Å². The molecule has 0 radical (unpaired) electrons. The van der Waals surface area contributed by atoms with Crippen LogP contribution >= 0.6 is 11.6 Å². The normalized spacial score (nSPS) is 14.4. The number of nitrogens with zero attached hydrogens (tertiary/aromatic N) is 5. The highest BCUT2D eigenvalue weighted by atomic mass is 35.5. The molecule has 178 valence electrons. The number of imidazole rings is 1. The van der Waals surface area contributed by atoms with Gasteiger partial charge in [-0.15, -0.1) is 0 Å². The van der Waals surface area contributed by atoms with E-state index in [-0.39, 0.29) is 23.6 Å². The van der Waals surface area contributed by atoms with Crippen LogP contribution in [-0.2, 0) is 17.9 Å². The van der Waals surface area contributed by atoms with Gasteiger partial charge in [0.1, 0.15) is 16.7 Å². The molecule has 4 rings (SSSR count). The Hall–Kier alpha value is -3.50. The van der Waals surface area contributed by atoms with E-state index in [1.54, 1.807) is 25.6 Å². The zero-order chi connectivity index (χ0) is 24.6. The number of hydrogen-bond donors (Lipinski definition) is 3. The van der Waals surface area contributed by atoms with Gasteiger partial charge >= 0.3 is 0 Å². The first-order valence-corrected chi connectivity index (χ1v) is 11.2. The fourth-order valence-corrected chi connectivity index (χ4v) is 4.13. The fourth-order valence-electron chi connectivity index (χ4n) is 3.86. The van der Waals surface area contributed by atoms with Gasteiger partial charge in [0, 0.05) is 36.1 Å². The van der Waals surface area contributed by atoms with Crippen molar-refractivity contribution in [2.24, 2.45) is 0 Å². The summed E-state index contributed by atoms with van der Waals surface area (Å²) in [4.78, 5) is 35.6. The largest absolute Gasteiger partial charge is 0.496 e. The highest BCUT2D eigenvalue weighted by molar-refractivity contribution is 6.41. The van der Waals surface area contributed by atoms with Gasteiger partial charge in [-0.05, 0) is 19.9 Å². The Morgan fingerprint density at radius 1 is 1.29 bits per heavy atom. The summed E-state index contributed by atoms with van der Waals surface area (Å²) >= 11 is 6.43. The van der Waals surface area contributed by atoms with Crippen LogP contribution in [0.4, 0.5) is 11.8 Å². The van der Waals surface area contributed by atoms with Crippen molar-refractivity contribution in [2.45, 2.75) is 46.8 Å². The third kappa shape index (κ3) is 4.46. The number of nitrogen functional groups attached to an aromatic ring is 1. The van der Waals surface area contributed by atoms with Crippen molar-refractivity contribution >= 4 is 40.9 Å². The second kappa shape index (κ2) is 9.40. The molecule has 1 aliphatic rings.